The zero-order valence-electron chi connectivity index (χ0n) is 13.8. The molecule has 0 saturated carbocycles. The van der Waals surface area contributed by atoms with Crippen molar-refractivity contribution in [2.24, 2.45) is 0 Å². The van der Waals surface area contributed by atoms with Crippen molar-refractivity contribution < 1.29 is 14.2 Å². The highest BCUT2D eigenvalue weighted by Gasteiger charge is 1.93. The van der Waals surface area contributed by atoms with Crippen molar-refractivity contribution in [2.75, 3.05) is 39.6 Å². The zero-order chi connectivity index (χ0) is 14.7. The van der Waals surface area contributed by atoms with Gasteiger partial charge in [0.05, 0.1) is 26.4 Å². The fraction of sp³-hybridized carbons (Fsp3) is 1.00. The molecule has 0 heterocycles. The molecule has 0 saturated heterocycles. The van der Waals surface area contributed by atoms with E-state index in [9.17, 15) is 0 Å². The van der Waals surface area contributed by atoms with Crippen molar-refractivity contribution in [3.8, 4) is 0 Å². The van der Waals surface area contributed by atoms with Crippen LogP contribution in [0.25, 0.3) is 0 Å². The van der Waals surface area contributed by atoms with Gasteiger partial charge in [0.15, 0.2) is 0 Å². The van der Waals surface area contributed by atoms with Crippen LogP contribution in [0.5, 0.6) is 0 Å². The SMILES string of the molecule is CCCCCCCCCOCCOCCOCCCC. The summed E-state index contributed by atoms with van der Waals surface area (Å²) >= 11 is 0. The molecule has 0 amide bonds. The molecule has 20 heavy (non-hydrogen) atoms. The Hall–Kier alpha value is -0.120. The lowest BCUT2D eigenvalue weighted by molar-refractivity contribution is 0.0134. The lowest BCUT2D eigenvalue weighted by Crippen LogP contribution is -2.10. The van der Waals surface area contributed by atoms with E-state index in [1.54, 1.807) is 0 Å². The quantitative estimate of drug-likeness (QED) is 0.366. The molecule has 3 nitrogen and oxygen atoms in total. The molecule has 0 N–H and O–H groups in total. The highest BCUT2D eigenvalue weighted by atomic mass is 16.5. The lowest BCUT2D eigenvalue weighted by atomic mass is 10.1. The average Bonchev–Trinajstić information content (AvgIpc) is 2.47. The van der Waals surface area contributed by atoms with Gasteiger partial charge in [0.2, 0.25) is 0 Å². The first-order chi connectivity index (χ1) is 9.91. The highest BCUT2D eigenvalue weighted by molar-refractivity contribution is 4.44. The van der Waals surface area contributed by atoms with Crippen LogP contribution in [-0.4, -0.2) is 39.6 Å². The van der Waals surface area contributed by atoms with Crippen molar-refractivity contribution in [2.45, 2.75) is 71.6 Å². The maximum Gasteiger partial charge on any atom is 0.0701 e. The number of unbranched alkanes of at least 4 members (excludes halogenated alkanes) is 7. The Bertz CT molecular complexity index is 144. The van der Waals surface area contributed by atoms with Gasteiger partial charge in [0.25, 0.3) is 0 Å². The molecule has 0 bridgehead atoms. The monoisotopic (exact) mass is 288 g/mol. The fourth-order valence-electron chi connectivity index (χ4n) is 1.95. The van der Waals surface area contributed by atoms with Crippen molar-refractivity contribution in [3.63, 3.8) is 0 Å². The summed E-state index contributed by atoms with van der Waals surface area (Å²) in [7, 11) is 0. The highest BCUT2D eigenvalue weighted by Crippen LogP contribution is 2.06. The van der Waals surface area contributed by atoms with E-state index in [2.05, 4.69) is 13.8 Å². The predicted octanol–water partition coefficient (Wildman–Crippen LogP) is 4.59. The van der Waals surface area contributed by atoms with Gasteiger partial charge in [-0.25, -0.2) is 0 Å². The van der Waals surface area contributed by atoms with E-state index < -0.39 is 0 Å². The van der Waals surface area contributed by atoms with Crippen LogP contribution in [0.1, 0.15) is 71.6 Å². The first-order valence-corrected chi connectivity index (χ1v) is 8.65. The molecule has 3 heteroatoms. The zero-order valence-corrected chi connectivity index (χ0v) is 13.8. The maximum absolute atomic E-state index is 5.54. The van der Waals surface area contributed by atoms with Crippen LogP contribution in [0.4, 0.5) is 0 Å². The molecule has 0 aromatic rings. The molecular formula is C17H36O3. The lowest BCUT2D eigenvalue weighted by Gasteiger charge is -2.06. The molecule has 0 unspecified atom stereocenters. The molecule has 0 radical (unpaired) electrons. The summed E-state index contributed by atoms with van der Waals surface area (Å²) in [5.74, 6) is 0. The summed E-state index contributed by atoms with van der Waals surface area (Å²) in [5.41, 5.74) is 0. The van der Waals surface area contributed by atoms with Crippen LogP contribution in [0.2, 0.25) is 0 Å². The second kappa shape index (κ2) is 18.9. The average molecular weight is 288 g/mol. The molecule has 0 aliphatic rings. The normalized spacial score (nSPS) is 11.1. The number of hydrogen-bond acceptors (Lipinski definition) is 3. The third-order valence-electron chi connectivity index (χ3n) is 3.28. The minimum Gasteiger partial charge on any atom is -0.379 e. The number of rotatable bonds is 17. The van der Waals surface area contributed by atoms with Gasteiger partial charge in [-0.1, -0.05) is 58.8 Å². The molecular weight excluding hydrogens is 252 g/mol. The summed E-state index contributed by atoms with van der Waals surface area (Å²) in [6.07, 6.45) is 11.7. The molecule has 0 aromatic carbocycles. The third kappa shape index (κ3) is 17.9. The van der Waals surface area contributed by atoms with E-state index >= 15 is 0 Å². The Morgan fingerprint density at radius 3 is 1.35 bits per heavy atom. The van der Waals surface area contributed by atoms with Crippen molar-refractivity contribution in [1.82, 2.24) is 0 Å². The standard InChI is InChI=1S/C17H36O3/c1-3-5-7-8-9-10-11-13-19-15-17-20-16-14-18-12-6-4-2/h3-17H2,1-2H3. The van der Waals surface area contributed by atoms with Gasteiger partial charge in [-0.3, -0.25) is 0 Å². The summed E-state index contributed by atoms with van der Waals surface area (Å²) in [6, 6.07) is 0. The van der Waals surface area contributed by atoms with Gasteiger partial charge in [-0.2, -0.15) is 0 Å². The molecule has 0 rings (SSSR count). The van der Waals surface area contributed by atoms with E-state index in [0.29, 0.717) is 26.4 Å². The molecule has 0 atom stereocenters. The Labute approximate surface area is 126 Å². The molecule has 0 fully saturated rings. The largest absolute Gasteiger partial charge is 0.379 e. The van der Waals surface area contributed by atoms with Crippen LogP contribution in [-0.2, 0) is 14.2 Å². The third-order valence-corrected chi connectivity index (χ3v) is 3.28. The van der Waals surface area contributed by atoms with E-state index in [-0.39, 0.29) is 0 Å². The number of ether oxygens (including phenoxy) is 3. The second-order valence-electron chi connectivity index (χ2n) is 5.31. The Morgan fingerprint density at radius 1 is 0.400 bits per heavy atom. The smallest absolute Gasteiger partial charge is 0.0701 e. The summed E-state index contributed by atoms with van der Waals surface area (Å²) < 4.78 is 16.4. The predicted molar refractivity (Wildman–Crippen MR) is 85.4 cm³/mol. The molecule has 122 valence electrons. The van der Waals surface area contributed by atoms with Gasteiger partial charge in [-0.05, 0) is 12.8 Å². The minimum absolute atomic E-state index is 0.685. The van der Waals surface area contributed by atoms with Crippen LogP contribution >= 0.6 is 0 Å². The van der Waals surface area contributed by atoms with E-state index in [0.717, 1.165) is 19.6 Å². The molecule has 0 aliphatic heterocycles. The summed E-state index contributed by atoms with van der Waals surface area (Å²) in [5, 5.41) is 0. The summed E-state index contributed by atoms with van der Waals surface area (Å²) in [6.45, 7) is 8.95. The van der Waals surface area contributed by atoms with Gasteiger partial charge in [0.1, 0.15) is 0 Å². The van der Waals surface area contributed by atoms with Crippen molar-refractivity contribution >= 4 is 0 Å². The van der Waals surface area contributed by atoms with Crippen LogP contribution in [0, 0.1) is 0 Å². The van der Waals surface area contributed by atoms with Crippen LogP contribution in [0.15, 0.2) is 0 Å². The minimum atomic E-state index is 0.685. The van der Waals surface area contributed by atoms with Crippen LogP contribution in [0.3, 0.4) is 0 Å². The first-order valence-electron chi connectivity index (χ1n) is 8.65. The van der Waals surface area contributed by atoms with E-state index in [1.807, 2.05) is 0 Å². The van der Waals surface area contributed by atoms with E-state index in [1.165, 1.54) is 51.4 Å². The van der Waals surface area contributed by atoms with Gasteiger partial charge >= 0.3 is 0 Å². The van der Waals surface area contributed by atoms with Crippen molar-refractivity contribution in [3.05, 3.63) is 0 Å². The Kier molecular flexibility index (Phi) is 18.8. The Balaban J connectivity index is 2.89. The van der Waals surface area contributed by atoms with Gasteiger partial charge in [0, 0.05) is 13.2 Å². The number of hydrogen-bond donors (Lipinski definition) is 0. The van der Waals surface area contributed by atoms with Gasteiger partial charge in [-0.15, -0.1) is 0 Å². The second-order valence-corrected chi connectivity index (χ2v) is 5.31. The van der Waals surface area contributed by atoms with Gasteiger partial charge < -0.3 is 14.2 Å². The van der Waals surface area contributed by atoms with Crippen molar-refractivity contribution in [1.29, 1.82) is 0 Å². The molecule has 0 spiro atoms. The van der Waals surface area contributed by atoms with Crippen LogP contribution < -0.4 is 0 Å². The first kappa shape index (κ1) is 19.9. The fourth-order valence-corrected chi connectivity index (χ4v) is 1.95. The topological polar surface area (TPSA) is 27.7 Å². The molecule has 0 aromatic heterocycles. The van der Waals surface area contributed by atoms with E-state index in [4.69, 9.17) is 14.2 Å². The summed E-state index contributed by atoms with van der Waals surface area (Å²) in [4.78, 5) is 0. The Morgan fingerprint density at radius 2 is 0.800 bits per heavy atom. The molecule has 0 aliphatic carbocycles. The maximum atomic E-state index is 5.54.